The minimum absolute atomic E-state index is 1.41. The summed E-state index contributed by atoms with van der Waals surface area (Å²) in [7, 11) is 0. The van der Waals surface area contributed by atoms with E-state index in [1.54, 1.807) is 0 Å². The highest BCUT2D eigenvalue weighted by Crippen LogP contribution is 2.41. The molecule has 9 heteroatoms. The van der Waals surface area contributed by atoms with E-state index in [9.17, 15) is 35.1 Å². The first-order chi connectivity index (χ1) is 7.15. The SMILES string of the molecule is Fc1c(F)c(F)c(SC(F)(F)F)c(F)c1F. The number of hydrogen-bond acceptors (Lipinski definition) is 1. The van der Waals surface area contributed by atoms with E-state index in [2.05, 4.69) is 0 Å². The molecule has 0 atom stereocenters. The second-order valence-electron chi connectivity index (χ2n) is 2.45. The average molecular weight is 268 g/mol. The summed E-state index contributed by atoms with van der Waals surface area (Å²) in [6.07, 6.45) is 0. The van der Waals surface area contributed by atoms with Crippen molar-refractivity contribution in [2.24, 2.45) is 0 Å². The number of hydrogen-bond donors (Lipinski definition) is 0. The van der Waals surface area contributed by atoms with Crippen LogP contribution in [0.3, 0.4) is 0 Å². The van der Waals surface area contributed by atoms with E-state index in [0.717, 1.165) is 0 Å². The molecule has 0 saturated heterocycles. The van der Waals surface area contributed by atoms with Gasteiger partial charge in [-0.1, -0.05) is 0 Å². The van der Waals surface area contributed by atoms with Gasteiger partial charge in [-0.15, -0.1) is 0 Å². The summed E-state index contributed by atoms with van der Waals surface area (Å²) in [6, 6.07) is 0. The van der Waals surface area contributed by atoms with Gasteiger partial charge in [0.25, 0.3) is 0 Å². The molecule has 0 unspecified atom stereocenters. The summed E-state index contributed by atoms with van der Waals surface area (Å²) >= 11 is -1.41. The summed E-state index contributed by atoms with van der Waals surface area (Å²) in [4.78, 5) is -1.97. The molecule has 0 radical (unpaired) electrons. The zero-order valence-electron chi connectivity index (χ0n) is 6.93. The molecule has 0 amide bonds. The molecule has 0 aromatic heterocycles. The number of thioether (sulfide) groups is 1. The van der Waals surface area contributed by atoms with Gasteiger partial charge in [-0.3, -0.25) is 0 Å². The molecule has 90 valence electrons. The van der Waals surface area contributed by atoms with Gasteiger partial charge in [-0.05, 0) is 11.8 Å². The maximum absolute atomic E-state index is 12.7. The van der Waals surface area contributed by atoms with Crippen molar-refractivity contribution in [2.75, 3.05) is 0 Å². The van der Waals surface area contributed by atoms with Crippen LogP contribution in [0.15, 0.2) is 4.90 Å². The van der Waals surface area contributed by atoms with Crippen molar-refractivity contribution in [1.29, 1.82) is 0 Å². The van der Waals surface area contributed by atoms with Gasteiger partial charge >= 0.3 is 5.51 Å². The molecule has 0 aliphatic heterocycles. The minimum Gasteiger partial charge on any atom is -0.202 e. The van der Waals surface area contributed by atoms with Gasteiger partial charge in [0.15, 0.2) is 23.3 Å². The maximum atomic E-state index is 12.7. The Hall–Kier alpha value is -0.990. The van der Waals surface area contributed by atoms with E-state index in [4.69, 9.17) is 0 Å². The van der Waals surface area contributed by atoms with E-state index < -0.39 is 51.3 Å². The molecule has 0 aliphatic rings. The Balaban J connectivity index is 3.40. The van der Waals surface area contributed by atoms with Crippen LogP contribution >= 0.6 is 11.8 Å². The first-order valence-corrected chi connectivity index (χ1v) is 4.24. The Morgan fingerprint density at radius 2 is 0.938 bits per heavy atom. The summed E-state index contributed by atoms with van der Waals surface area (Å²) in [5.74, 6) is -12.3. The van der Waals surface area contributed by atoms with Crippen LogP contribution in [0.1, 0.15) is 0 Å². The molecule has 0 fully saturated rings. The van der Waals surface area contributed by atoms with Crippen LogP contribution in [0.4, 0.5) is 35.1 Å². The number of alkyl halides is 3. The Morgan fingerprint density at radius 1 is 0.625 bits per heavy atom. The van der Waals surface area contributed by atoms with Gasteiger partial charge < -0.3 is 0 Å². The fraction of sp³-hybridized carbons (Fsp3) is 0.143. The fourth-order valence-electron chi connectivity index (χ4n) is 0.790. The molecule has 1 aromatic carbocycles. The second-order valence-corrected chi connectivity index (χ2v) is 3.52. The van der Waals surface area contributed by atoms with Crippen molar-refractivity contribution in [1.82, 2.24) is 0 Å². The van der Waals surface area contributed by atoms with Crippen LogP contribution < -0.4 is 0 Å². The first-order valence-electron chi connectivity index (χ1n) is 3.42. The van der Waals surface area contributed by atoms with Gasteiger partial charge in [0, 0.05) is 0 Å². The molecule has 0 nitrogen and oxygen atoms in total. The zero-order chi connectivity index (χ0) is 12.7. The van der Waals surface area contributed by atoms with Crippen molar-refractivity contribution in [2.45, 2.75) is 10.4 Å². The third-order valence-electron chi connectivity index (χ3n) is 1.39. The van der Waals surface area contributed by atoms with Crippen LogP contribution in [0.2, 0.25) is 0 Å². The van der Waals surface area contributed by atoms with E-state index >= 15 is 0 Å². The fourth-order valence-corrected chi connectivity index (χ4v) is 1.38. The number of rotatable bonds is 1. The Morgan fingerprint density at radius 3 is 1.25 bits per heavy atom. The first kappa shape index (κ1) is 13.1. The molecule has 0 bridgehead atoms. The van der Waals surface area contributed by atoms with E-state index in [0.29, 0.717) is 0 Å². The predicted octanol–water partition coefficient (Wildman–Crippen LogP) is 3.99. The Labute approximate surface area is 87.2 Å². The molecule has 0 heterocycles. The summed E-state index contributed by atoms with van der Waals surface area (Å²) < 4.78 is 97.9. The largest absolute Gasteiger partial charge is 0.446 e. The number of benzene rings is 1. The summed E-state index contributed by atoms with van der Waals surface area (Å²) in [5.41, 5.74) is -5.15. The van der Waals surface area contributed by atoms with Crippen molar-refractivity contribution >= 4 is 11.8 Å². The smallest absolute Gasteiger partial charge is 0.202 e. The highest BCUT2D eigenvalue weighted by molar-refractivity contribution is 8.00. The highest BCUT2D eigenvalue weighted by Gasteiger charge is 2.36. The van der Waals surface area contributed by atoms with Crippen LogP contribution in [-0.4, -0.2) is 5.51 Å². The third-order valence-corrected chi connectivity index (χ3v) is 2.18. The Bertz CT molecular complexity index is 394. The van der Waals surface area contributed by atoms with Gasteiger partial charge in [0.1, 0.15) is 0 Å². The van der Waals surface area contributed by atoms with E-state index in [1.165, 1.54) is 0 Å². The normalized spacial score (nSPS) is 12.0. The van der Waals surface area contributed by atoms with Crippen molar-refractivity contribution in [3.8, 4) is 0 Å². The van der Waals surface area contributed by atoms with Crippen LogP contribution in [0.5, 0.6) is 0 Å². The second kappa shape index (κ2) is 4.11. The number of halogens is 8. The molecule has 1 rings (SSSR count). The lowest BCUT2D eigenvalue weighted by atomic mass is 10.3. The highest BCUT2D eigenvalue weighted by atomic mass is 32.2. The summed E-state index contributed by atoms with van der Waals surface area (Å²) in [6.45, 7) is 0. The molecular formula is C7F8S. The lowest BCUT2D eigenvalue weighted by Gasteiger charge is -2.09. The molecule has 16 heavy (non-hydrogen) atoms. The third kappa shape index (κ3) is 2.39. The molecule has 1 aromatic rings. The van der Waals surface area contributed by atoms with Crippen molar-refractivity contribution < 1.29 is 35.1 Å². The lowest BCUT2D eigenvalue weighted by molar-refractivity contribution is -0.0331. The zero-order valence-corrected chi connectivity index (χ0v) is 7.75. The van der Waals surface area contributed by atoms with Crippen LogP contribution in [0.25, 0.3) is 0 Å². The topological polar surface area (TPSA) is 0 Å². The van der Waals surface area contributed by atoms with Gasteiger partial charge in [-0.25, -0.2) is 22.0 Å². The van der Waals surface area contributed by atoms with Gasteiger partial charge in [-0.2, -0.15) is 13.2 Å². The van der Waals surface area contributed by atoms with Crippen molar-refractivity contribution in [3.05, 3.63) is 29.1 Å². The monoisotopic (exact) mass is 268 g/mol. The van der Waals surface area contributed by atoms with Crippen molar-refractivity contribution in [3.63, 3.8) is 0 Å². The van der Waals surface area contributed by atoms with Gasteiger partial charge in [0.05, 0.1) is 4.90 Å². The standard InChI is InChI=1S/C7F8S/c8-1-2(9)4(11)6(5(12)3(1)10)16-7(13,14)15. The minimum atomic E-state index is -5.15. The van der Waals surface area contributed by atoms with Crippen LogP contribution in [0, 0.1) is 29.1 Å². The van der Waals surface area contributed by atoms with E-state index in [1.807, 2.05) is 0 Å². The van der Waals surface area contributed by atoms with Gasteiger partial charge in [0.2, 0.25) is 5.82 Å². The van der Waals surface area contributed by atoms with Crippen LogP contribution in [-0.2, 0) is 0 Å². The maximum Gasteiger partial charge on any atom is 0.446 e. The molecule has 0 aliphatic carbocycles. The van der Waals surface area contributed by atoms with E-state index in [-0.39, 0.29) is 0 Å². The molecule has 0 saturated carbocycles. The quantitative estimate of drug-likeness (QED) is 0.321. The molecule has 0 N–H and O–H groups in total. The lowest BCUT2D eigenvalue weighted by Crippen LogP contribution is -2.07. The average Bonchev–Trinajstić information content (AvgIpc) is 2.17. The molecular weight excluding hydrogens is 268 g/mol. The Kier molecular flexibility index (Phi) is 3.36. The molecule has 0 spiro atoms. The summed E-state index contributed by atoms with van der Waals surface area (Å²) in [5, 5.41) is 0. The predicted molar refractivity (Wildman–Crippen MR) is 38.1 cm³/mol.